The number of rotatable bonds is 4. The van der Waals surface area contributed by atoms with E-state index in [1.165, 1.54) is 6.20 Å². The fourth-order valence-electron chi connectivity index (χ4n) is 4.24. The summed E-state index contributed by atoms with van der Waals surface area (Å²) in [7, 11) is 0. The maximum atomic E-state index is 15.0. The third kappa shape index (κ3) is 3.97. The number of nitrogens with zero attached hydrogens (tertiary/aromatic N) is 4. The van der Waals surface area contributed by atoms with E-state index < -0.39 is 17.8 Å². The number of H-pyrrole nitrogens is 1. The van der Waals surface area contributed by atoms with Crippen molar-refractivity contribution in [1.29, 1.82) is 0 Å². The molecule has 1 fully saturated rings. The van der Waals surface area contributed by atoms with Gasteiger partial charge in [-0.25, -0.2) is 9.37 Å². The van der Waals surface area contributed by atoms with E-state index in [0.717, 1.165) is 11.1 Å². The number of halogens is 1. The largest absolute Gasteiger partial charge is 0.507 e. The molecule has 0 radical (unpaired) electrons. The normalized spacial score (nSPS) is 22.6. The lowest BCUT2D eigenvalue weighted by molar-refractivity contribution is 0.0654. The maximum Gasteiger partial charge on any atom is 0.243 e. The lowest BCUT2D eigenvalue weighted by Gasteiger charge is -2.48. The summed E-state index contributed by atoms with van der Waals surface area (Å²) in [4.78, 5) is 4.29. The molecule has 30 heavy (non-hydrogen) atoms. The van der Waals surface area contributed by atoms with E-state index >= 15 is 0 Å². The number of benzene rings is 1. The van der Waals surface area contributed by atoms with Crippen LogP contribution in [0, 0.1) is 0 Å². The van der Waals surface area contributed by atoms with E-state index in [0.29, 0.717) is 17.7 Å². The van der Waals surface area contributed by atoms with Crippen LogP contribution in [0.5, 0.6) is 5.75 Å². The number of alkyl halides is 1. The number of phenols is 1. The van der Waals surface area contributed by atoms with Crippen LogP contribution in [-0.4, -0.2) is 53.8 Å². The first kappa shape index (κ1) is 20.2. The molecule has 3 aromatic rings. The standard InChI is InChI=1S/C21H26FN7O/c1-20(2)8-15(18(22)21(3,4)29-20)26-19-23-11-16(27-28-19)14-6-5-12(7-17(14)30)13-9-24-25-10-13/h5-7,9-11,15,18,29-30H,8H2,1-4H3,(H,24,25)(H,23,26,28)/t15?,18-/m0/s1. The van der Waals surface area contributed by atoms with Gasteiger partial charge in [0.05, 0.1) is 18.4 Å². The number of aromatic hydroxyl groups is 1. The molecular weight excluding hydrogens is 385 g/mol. The van der Waals surface area contributed by atoms with Gasteiger partial charge in [-0.2, -0.15) is 5.10 Å². The second kappa shape index (κ2) is 7.32. The van der Waals surface area contributed by atoms with E-state index in [1.54, 1.807) is 24.5 Å². The smallest absolute Gasteiger partial charge is 0.243 e. The van der Waals surface area contributed by atoms with E-state index in [2.05, 4.69) is 36.0 Å². The molecule has 0 amide bonds. The first-order valence-electron chi connectivity index (χ1n) is 9.87. The number of nitrogens with one attached hydrogen (secondary N) is 3. The minimum absolute atomic E-state index is 0.0659. The van der Waals surface area contributed by atoms with Crippen LogP contribution in [0.4, 0.5) is 10.3 Å². The van der Waals surface area contributed by atoms with Crippen molar-refractivity contribution in [3.8, 4) is 28.1 Å². The summed E-state index contributed by atoms with van der Waals surface area (Å²) in [5.41, 5.74) is 1.75. The average Bonchev–Trinajstić information content (AvgIpc) is 3.20. The Labute approximate surface area is 174 Å². The van der Waals surface area contributed by atoms with Crippen molar-refractivity contribution in [2.45, 2.75) is 57.4 Å². The third-order valence-corrected chi connectivity index (χ3v) is 5.41. The molecule has 1 aliphatic rings. The molecule has 0 aliphatic carbocycles. The maximum absolute atomic E-state index is 15.0. The molecule has 4 N–H and O–H groups in total. The Morgan fingerprint density at radius 3 is 2.57 bits per heavy atom. The average molecular weight is 411 g/mol. The minimum Gasteiger partial charge on any atom is -0.507 e. The summed E-state index contributed by atoms with van der Waals surface area (Å²) < 4.78 is 15.0. The molecule has 1 aliphatic heterocycles. The SMILES string of the molecule is CC1(C)CC(Nc2ncc(-c3ccc(-c4cn[nH]c4)cc3O)nn2)[C@H](F)C(C)(C)N1. The zero-order chi connectivity index (χ0) is 21.5. The first-order chi connectivity index (χ1) is 14.1. The Morgan fingerprint density at radius 1 is 1.13 bits per heavy atom. The lowest BCUT2D eigenvalue weighted by Crippen LogP contribution is -2.67. The summed E-state index contributed by atoms with van der Waals surface area (Å²) in [5.74, 6) is 0.325. The van der Waals surface area contributed by atoms with Crippen LogP contribution in [0.2, 0.25) is 0 Å². The summed E-state index contributed by atoms with van der Waals surface area (Å²) in [5, 5.41) is 31.8. The zero-order valence-electron chi connectivity index (χ0n) is 17.4. The number of anilines is 1. The number of aromatic amines is 1. The van der Waals surface area contributed by atoms with Crippen LogP contribution in [0.15, 0.2) is 36.8 Å². The molecule has 2 aromatic heterocycles. The highest BCUT2D eigenvalue weighted by Crippen LogP contribution is 2.34. The van der Waals surface area contributed by atoms with E-state index in [4.69, 9.17) is 0 Å². The van der Waals surface area contributed by atoms with Gasteiger partial charge in [0.15, 0.2) is 0 Å². The monoisotopic (exact) mass is 411 g/mol. The Balaban J connectivity index is 1.52. The van der Waals surface area contributed by atoms with Gasteiger partial charge in [-0.1, -0.05) is 6.07 Å². The molecule has 4 rings (SSSR count). The van der Waals surface area contributed by atoms with Crippen LogP contribution in [0.25, 0.3) is 22.4 Å². The van der Waals surface area contributed by atoms with E-state index in [9.17, 15) is 9.50 Å². The quantitative estimate of drug-likeness (QED) is 0.521. The van der Waals surface area contributed by atoms with Crippen LogP contribution < -0.4 is 10.6 Å². The molecule has 1 unspecified atom stereocenters. The molecule has 2 atom stereocenters. The van der Waals surface area contributed by atoms with Gasteiger partial charge in [0, 0.05) is 28.4 Å². The number of hydrogen-bond donors (Lipinski definition) is 4. The second-order valence-electron chi connectivity index (χ2n) is 8.97. The molecule has 9 heteroatoms. The Bertz CT molecular complexity index is 1020. The number of hydrogen-bond acceptors (Lipinski definition) is 7. The summed E-state index contributed by atoms with van der Waals surface area (Å²) >= 11 is 0. The molecule has 3 heterocycles. The van der Waals surface area contributed by atoms with Crippen LogP contribution in [0.1, 0.15) is 34.1 Å². The highest BCUT2D eigenvalue weighted by atomic mass is 19.1. The minimum atomic E-state index is -1.12. The summed E-state index contributed by atoms with van der Waals surface area (Å²) in [6, 6.07) is 4.82. The highest BCUT2D eigenvalue weighted by Gasteiger charge is 2.46. The number of aromatic nitrogens is 5. The van der Waals surface area contributed by atoms with Crippen molar-refractivity contribution >= 4 is 5.95 Å². The van der Waals surface area contributed by atoms with Gasteiger partial charge < -0.3 is 15.7 Å². The van der Waals surface area contributed by atoms with Crippen molar-refractivity contribution in [2.24, 2.45) is 0 Å². The topological polar surface area (TPSA) is 112 Å². The number of piperidine rings is 1. The van der Waals surface area contributed by atoms with Gasteiger partial charge in [-0.15, -0.1) is 10.2 Å². The van der Waals surface area contributed by atoms with Gasteiger partial charge in [0.2, 0.25) is 5.95 Å². The molecule has 158 valence electrons. The van der Waals surface area contributed by atoms with Crippen LogP contribution >= 0.6 is 0 Å². The Hall–Kier alpha value is -3.07. The van der Waals surface area contributed by atoms with E-state index in [1.807, 2.05) is 33.8 Å². The van der Waals surface area contributed by atoms with Crippen molar-refractivity contribution in [2.75, 3.05) is 5.32 Å². The van der Waals surface area contributed by atoms with Crippen molar-refractivity contribution in [1.82, 2.24) is 30.7 Å². The molecule has 8 nitrogen and oxygen atoms in total. The van der Waals surface area contributed by atoms with Gasteiger partial charge in [0.25, 0.3) is 0 Å². The highest BCUT2D eigenvalue weighted by molar-refractivity contribution is 5.73. The first-order valence-corrected chi connectivity index (χ1v) is 9.87. The fourth-order valence-corrected chi connectivity index (χ4v) is 4.24. The second-order valence-corrected chi connectivity index (χ2v) is 8.97. The molecular formula is C21H26FN7O. The zero-order valence-corrected chi connectivity index (χ0v) is 17.4. The third-order valence-electron chi connectivity index (χ3n) is 5.41. The molecule has 1 saturated heterocycles. The molecule has 0 spiro atoms. The number of phenolic OH excluding ortho intramolecular Hbond substituents is 1. The summed E-state index contributed by atoms with van der Waals surface area (Å²) in [6.07, 6.45) is 4.41. The predicted octanol–water partition coefficient (Wildman–Crippen LogP) is 3.30. The Kier molecular flexibility index (Phi) is 4.93. The van der Waals surface area contributed by atoms with Crippen molar-refractivity contribution < 1.29 is 9.50 Å². The summed E-state index contributed by atoms with van der Waals surface area (Å²) in [6.45, 7) is 7.80. The molecule has 0 saturated carbocycles. The fraction of sp³-hybridized carbons (Fsp3) is 0.429. The predicted molar refractivity (Wildman–Crippen MR) is 113 cm³/mol. The lowest BCUT2D eigenvalue weighted by atomic mass is 9.78. The van der Waals surface area contributed by atoms with Gasteiger partial charge in [-0.05, 0) is 51.8 Å². The van der Waals surface area contributed by atoms with Crippen LogP contribution in [-0.2, 0) is 0 Å². The van der Waals surface area contributed by atoms with Crippen molar-refractivity contribution in [3.63, 3.8) is 0 Å². The van der Waals surface area contributed by atoms with E-state index in [-0.39, 0.29) is 17.2 Å². The Morgan fingerprint density at radius 2 is 1.93 bits per heavy atom. The molecule has 1 aromatic carbocycles. The van der Waals surface area contributed by atoms with Crippen molar-refractivity contribution in [3.05, 3.63) is 36.8 Å². The van der Waals surface area contributed by atoms with Gasteiger partial charge in [0.1, 0.15) is 17.6 Å². The van der Waals surface area contributed by atoms with Gasteiger partial charge >= 0.3 is 0 Å². The van der Waals surface area contributed by atoms with Gasteiger partial charge in [-0.3, -0.25) is 5.10 Å². The molecule has 0 bridgehead atoms. The van der Waals surface area contributed by atoms with Crippen LogP contribution in [0.3, 0.4) is 0 Å².